The molecule has 0 saturated carbocycles. The molecule has 1 aromatic heterocycles. The molecule has 0 radical (unpaired) electrons. The number of hydrogen-bond acceptors (Lipinski definition) is 5. The standard InChI is InChI=1S/C36H37N3O4/c1-2-30(24-11-5-3-6-12-24)38-35(41)32-28-15-9-10-16-31(28)37-33(25-13-7-4-8-14-25)29(32)23-26-17-20-39(36(42)34(26)40)27-18-21-43-22-19-27/h3-16,26-27,30H,2,17-23H2,1H3,(H,38,41). The molecule has 3 aromatic carbocycles. The summed E-state index contributed by atoms with van der Waals surface area (Å²) in [6.45, 7) is 3.79. The Morgan fingerprint density at radius 1 is 0.930 bits per heavy atom. The number of rotatable bonds is 8. The molecule has 7 heteroatoms. The lowest BCUT2D eigenvalue weighted by molar-refractivity contribution is -0.153. The highest BCUT2D eigenvalue weighted by molar-refractivity contribution is 6.37. The topological polar surface area (TPSA) is 88.6 Å². The Hall–Kier alpha value is -4.36. The van der Waals surface area contributed by atoms with Crippen molar-refractivity contribution in [3.8, 4) is 11.3 Å². The number of para-hydroxylation sites is 1. The summed E-state index contributed by atoms with van der Waals surface area (Å²) in [7, 11) is 0. The maximum absolute atomic E-state index is 14.3. The third kappa shape index (κ3) is 5.95. The Morgan fingerprint density at radius 2 is 1.60 bits per heavy atom. The molecule has 2 aliphatic rings. The van der Waals surface area contributed by atoms with Gasteiger partial charge in [0, 0.05) is 42.7 Å². The van der Waals surface area contributed by atoms with Crippen LogP contribution in [0.1, 0.15) is 60.1 Å². The van der Waals surface area contributed by atoms with Crippen LogP contribution in [0.4, 0.5) is 0 Å². The summed E-state index contributed by atoms with van der Waals surface area (Å²) in [5.74, 6) is -1.54. The van der Waals surface area contributed by atoms with Gasteiger partial charge < -0.3 is 15.0 Å². The number of nitrogens with one attached hydrogen (secondary N) is 1. The predicted molar refractivity (Wildman–Crippen MR) is 166 cm³/mol. The van der Waals surface area contributed by atoms with Crippen LogP contribution < -0.4 is 5.32 Å². The second-order valence-electron chi connectivity index (χ2n) is 11.4. The van der Waals surface area contributed by atoms with E-state index in [1.807, 2.05) is 84.9 Å². The van der Waals surface area contributed by atoms with Crippen molar-refractivity contribution in [1.82, 2.24) is 15.2 Å². The average molecular weight is 576 g/mol. The molecular formula is C36H37N3O4. The van der Waals surface area contributed by atoms with Crippen LogP contribution in [0.3, 0.4) is 0 Å². The van der Waals surface area contributed by atoms with Gasteiger partial charge in [0.2, 0.25) is 5.78 Å². The summed E-state index contributed by atoms with van der Waals surface area (Å²) in [6, 6.07) is 27.2. The van der Waals surface area contributed by atoms with Gasteiger partial charge in [-0.25, -0.2) is 4.98 Å². The van der Waals surface area contributed by atoms with Crippen molar-refractivity contribution in [3.05, 3.63) is 102 Å². The number of ether oxygens (including phenoxy) is 1. The first-order chi connectivity index (χ1) is 21.0. The first-order valence-electron chi connectivity index (χ1n) is 15.3. The molecule has 7 nitrogen and oxygen atoms in total. The smallest absolute Gasteiger partial charge is 0.290 e. The molecule has 0 spiro atoms. The minimum atomic E-state index is -0.531. The zero-order chi connectivity index (χ0) is 29.8. The van der Waals surface area contributed by atoms with E-state index in [-0.39, 0.29) is 30.2 Å². The maximum Gasteiger partial charge on any atom is 0.290 e. The number of benzene rings is 3. The number of Topliss-reactive ketones (excluding diaryl/α,β-unsaturated/α-hetero) is 1. The summed E-state index contributed by atoms with van der Waals surface area (Å²) in [5, 5.41) is 4.01. The third-order valence-corrected chi connectivity index (χ3v) is 8.83. The van der Waals surface area contributed by atoms with Gasteiger partial charge in [-0.2, -0.15) is 0 Å². The van der Waals surface area contributed by atoms with Gasteiger partial charge >= 0.3 is 0 Å². The normalized spacial score (nSPS) is 18.5. The molecule has 2 atom stereocenters. The molecule has 43 heavy (non-hydrogen) atoms. The number of nitrogens with zero attached hydrogens (tertiary/aromatic N) is 2. The monoisotopic (exact) mass is 575 g/mol. The molecule has 2 saturated heterocycles. The zero-order valence-electron chi connectivity index (χ0n) is 24.5. The summed E-state index contributed by atoms with van der Waals surface area (Å²) in [4.78, 5) is 48.2. The van der Waals surface area contributed by atoms with Gasteiger partial charge in [-0.15, -0.1) is 0 Å². The van der Waals surface area contributed by atoms with E-state index in [4.69, 9.17) is 9.72 Å². The van der Waals surface area contributed by atoms with E-state index in [1.54, 1.807) is 4.90 Å². The largest absolute Gasteiger partial charge is 0.381 e. The molecule has 220 valence electrons. The molecule has 2 fully saturated rings. The summed E-state index contributed by atoms with van der Waals surface area (Å²) >= 11 is 0. The second kappa shape index (κ2) is 12.9. The minimum Gasteiger partial charge on any atom is -0.381 e. The van der Waals surface area contributed by atoms with E-state index in [0.717, 1.165) is 35.8 Å². The van der Waals surface area contributed by atoms with E-state index < -0.39 is 11.8 Å². The fraction of sp³-hybridized carbons (Fsp3) is 0.333. The number of piperidine rings is 1. The number of pyridine rings is 1. The van der Waals surface area contributed by atoms with E-state index >= 15 is 0 Å². The Kier molecular flexibility index (Phi) is 8.61. The van der Waals surface area contributed by atoms with Crippen molar-refractivity contribution in [2.45, 2.75) is 51.1 Å². The molecular weight excluding hydrogens is 538 g/mol. The number of ketones is 1. The second-order valence-corrected chi connectivity index (χ2v) is 11.4. The predicted octanol–water partition coefficient (Wildman–Crippen LogP) is 5.92. The average Bonchev–Trinajstić information content (AvgIpc) is 3.06. The molecule has 2 amide bonds. The molecule has 0 aliphatic carbocycles. The van der Waals surface area contributed by atoms with Crippen LogP contribution in [-0.2, 0) is 20.7 Å². The van der Waals surface area contributed by atoms with Crippen molar-refractivity contribution in [3.63, 3.8) is 0 Å². The minimum absolute atomic E-state index is 0.0404. The van der Waals surface area contributed by atoms with Gasteiger partial charge in [0.15, 0.2) is 0 Å². The number of fused-ring (bicyclic) bond motifs is 1. The fourth-order valence-electron chi connectivity index (χ4n) is 6.51. The van der Waals surface area contributed by atoms with Crippen LogP contribution in [0.5, 0.6) is 0 Å². The molecule has 1 N–H and O–H groups in total. The quantitative estimate of drug-likeness (QED) is 0.264. The van der Waals surface area contributed by atoms with Crippen molar-refractivity contribution in [2.24, 2.45) is 5.92 Å². The lowest BCUT2D eigenvalue weighted by Gasteiger charge is -2.38. The molecule has 2 aliphatic heterocycles. The number of aromatic nitrogens is 1. The Morgan fingerprint density at radius 3 is 2.33 bits per heavy atom. The lowest BCUT2D eigenvalue weighted by atomic mass is 9.83. The SMILES string of the molecule is CCC(NC(=O)c1c(CC2CCN(C3CCOCC3)C(=O)C2=O)c(-c2ccccc2)nc2ccccc12)c1ccccc1. The van der Waals surface area contributed by atoms with Crippen LogP contribution in [0.15, 0.2) is 84.9 Å². The Bertz CT molecular complexity index is 1620. The van der Waals surface area contributed by atoms with E-state index in [0.29, 0.717) is 48.5 Å². The highest BCUT2D eigenvalue weighted by atomic mass is 16.5. The summed E-state index contributed by atoms with van der Waals surface area (Å²) < 4.78 is 5.47. The van der Waals surface area contributed by atoms with E-state index in [9.17, 15) is 14.4 Å². The molecule has 4 aromatic rings. The Labute approximate surface area is 252 Å². The zero-order valence-corrected chi connectivity index (χ0v) is 24.5. The van der Waals surface area contributed by atoms with Crippen LogP contribution >= 0.6 is 0 Å². The van der Waals surface area contributed by atoms with Crippen molar-refractivity contribution >= 4 is 28.5 Å². The van der Waals surface area contributed by atoms with Crippen molar-refractivity contribution < 1.29 is 19.1 Å². The molecule has 6 rings (SSSR count). The van der Waals surface area contributed by atoms with Gasteiger partial charge in [0.1, 0.15) is 0 Å². The first kappa shape index (κ1) is 28.7. The highest BCUT2D eigenvalue weighted by Gasteiger charge is 2.39. The van der Waals surface area contributed by atoms with Crippen LogP contribution in [-0.4, -0.2) is 53.3 Å². The van der Waals surface area contributed by atoms with Crippen LogP contribution in [0.25, 0.3) is 22.2 Å². The van der Waals surface area contributed by atoms with Gasteiger partial charge in [-0.1, -0.05) is 85.8 Å². The van der Waals surface area contributed by atoms with Crippen LogP contribution in [0, 0.1) is 5.92 Å². The maximum atomic E-state index is 14.3. The fourth-order valence-corrected chi connectivity index (χ4v) is 6.51. The molecule has 3 heterocycles. The molecule has 2 unspecified atom stereocenters. The van der Waals surface area contributed by atoms with Gasteiger partial charge in [-0.05, 0) is 49.3 Å². The summed E-state index contributed by atoms with van der Waals surface area (Å²) in [5.41, 5.74) is 4.50. The summed E-state index contributed by atoms with van der Waals surface area (Å²) in [6.07, 6.45) is 3.03. The van der Waals surface area contributed by atoms with E-state index in [1.165, 1.54) is 0 Å². The van der Waals surface area contributed by atoms with Gasteiger partial charge in [0.25, 0.3) is 11.8 Å². The first-order valence-corrected chi connectivity index (χ1v) is 15.3. The number of carbonyl (C=O) groups is 3. The lowest BCUT2D eigenvalue weighted by Crippen LogP contribution is -2.52. The third-order valence-electron chi connectivity index (χ3n) is 8.83. The van der Waals surface area contributed by atoms with Crippen molar-refractivity contribution in [2.75, 3.05) is 19.8 Å². The Balaban J connectivity index is 1.41. The van der Waals surface area contributed by atoms with Gasteiger partial charge in [0.05, 0.1) is 22.8 Å². The highest BCUT2D eigenvalue weighted by Crippen LogP contribution is 2.35. The number of amides is 2. The van der Waals surface area contributed by atoms with E-state index in [2.05, 4.69) is 12.2 Å². The number of likely N-dealkylation sites (tertiary alicyclic amines) is 1. The molecule has 0 bridgehead atoms. The van der Waals surface area contributed by atoms with Gasteiger partial charge in [-0.3, -0.25) is 14.4 Å². The number of carbonyl (C=O) groups excluding carboxylic acids is 3. The van der Waals surface area contributed by atoms with Crippen molar-refractivity contribution in [1.29, 1.82) is 0 Å². The van der Waals surface area contributed by atoms with Crippen LogP contribution in [0.2, 0.25) is 0 Å². The number of hydrogen-bond donors (Lipinski definition) is 1.